The highest BCUT2D eigenvalue weighted by molar-refractivity contribution is 5.89. The van der Waals surface area contributed by atoms with Crippen molar-refractivity contribution in [3.63, 3.8) is 0 Å². The summed E-state index contributed by atoms with van der Waals surface area (Å²) in [4.78, 5) is 18.3. The van der Waals surface area contributed by atoms with E-state index in [4.69, 9.17) is 0 Å². The number of fused-ring (bicyclic) bond motifs is 6. The summed E-state index contributed by atoms with van der Waals surface area (Å²) in [6, 6.07) is 7.51. The summed E-state index contributed by atoms with van der Waals surface area (Å²) in [6.07, 6.45) is 3.13. The first-order valence-corrected chi connectivity index (χ1v) is 7.80. The molecule has 1 saturated heterocycles. The van der Waals surface area contributed by atoms with Crippen molar-refractivity contribution in [2.45, 2.75) is 37.1 Å². The van der Waals surface area contributed by atoms with Gasteiger partial charge in [-0.3, -0.25) is 4.79 Å². The number of imidazole rings is 1. The molecule has 6 heteroatoms. The van der Waals surface area contributed by atoms with Gasteiger partial charge in [-0.15, -0.1) is 0 Å². The Labute approximate surface area is 134 Å². The molecule has 23 heavy (non-hydrogen) atoms. The van der Waals surface area contributed by atoms with Crippen LogP contribution in [0.15, 0.2) is 36.8 Å². The number of carbonyl (C=O) groups excluding carboxylic acids is 1. The van der Waals surface area contributed by atoms with E-state index in [1.54, 1.807) is 29.0 Å². The SMILES string of the molecule is Cn1cncc1C1(O)CC2C(=O)CCC(O)N1c1ccccc12. The fraction of sp³-hybridized carbons (Fsp3) is 0.412. The average molecular weight is 313 g/mol. The highest BCUT2D eigenvalue weighted by Crippen LogP contribution is 2.50. The number of anilines is 1. The fourth-order valence-electron chi connectivity index (χ4n) is 3.93. The Morgan fingerprint density at radius 2 is 2.13 bits per heavy atom. The minimum absolute atomic E-state index is 0.0662. The van der Waals surface area contributed by atoms with E-state index in [1.165, 1.54) is 0 Å². The predicted octanol–water partition coefficient (Wildman–Crippen LogP) is 1.24. The van der Waals surface area contributed by atoms with Gasteiger partial charge in [-0.05, 0) is 18.1 Å². The maximum absolute atomic E-state index is 12.6. The summed E-state index contributed by atoms with van der Waals surface area (Å²) >= 11 is 0. The van der Waals surface area contributed by atoms with E-state index in [9.17, 15) is 15.0 Å². The number of nitrogens with zero attached hydrogens (tertiary/aromatic N) is 3. The summed E-state index contributed by atoms with van der Waals surface area (Å²) in [5.74, 6) is -0.300. The van der Waals surface area contributed by atoms with Crippen LogP contribution in [0.1, 0.15) is 36.4 Å². The Kier molecular flexibility index (Phi) is 3.08. The Morgan fingerprint density at radius 3 is 2.87 bits per heavy atom. The number of hydrogen-bond donors (Lipinski definition) is 2. The van der Waals surface area contributed by atoms with E-state index < -0.39 is 12.0 Å². The summed E-state index contributed by atoms with van der Waals surface area (Å²) in [5.41, 5.74) is 0.710. The van der Waals surface area contributed by atoms with Gasteiger partial charge >= 0.3 is 0 Å². The molecule has 4 rings (SSSR count). The molecule has 1 fully saturated rings. The van der Waals surface area contributed by atoms with Gasteiger partial charge in [0, 0.05) is 31.5 Å². The van der Waals surface area contributed by atoms with Crippen LogP contribution in [0, 0.1) is 0 Å². The standard InChI is InChI=1S/C17H19N3O3/c1-19-10-18-9-15(19)17(23)8-12-11-4-2-3-5-13(11)20(17)16(22)7-6-14(12)21/h2-5,9-10,12,16,22-23H,6-8H2,1H3. The third-order valence-corrected chi connectivity index (χ3v) is 5.02. The van der Waals surface area contributed by atoms with E-state index in [1.807, 2.05) is 24.3 Å². The molecule has 2 aromatic rings. The third kappa shape index (κ3) is 1.95. The summed E-state index contributed by atoms with van der Waals surface area (Å²) in [5, 5.41) is 22.2. The highest BCUT2D eigenvalue weighted by Gasteiger charge is 2.51. The number of carbonyl (C=O) groups is 1. The predicted molar refractivity (Wildman–Crippen MR) is 83.6 cm³/mol. The van der Waals surface area contributed by atoms with Crippen molar-refractivity contribution < 1.29 is 15.0 Å². The first kappa shape index (κ1) is 14.4. The molecule has 0 amide bonds. The Bertz CT molecular complexity index is 772. The highest BCUT2D eigenvalue weighted by atomic mass is 16.3. The van der Waals surface area contributed by atoms with E-state index in [-0.39, 0.29) is 18.1 Å². The van der Waals surface area contributed by atoms with Crippen molar-refractivity contribution in [1.29, 1.82) is 0 Å². The number of aromatic nitrogens is 2. The minimum Gasteiger partial charge on any atom is -0.373 e. The van der Waals surface area contributed by atoms with Crippen molar-refractivity contribution in [3.05, 3.63) is 48.0 Å². The zero-order valence-corrected chi connectivity index (χ0v) is 12.9. The van der Waals surface area contributed by atoms with Gasteiger partial charge in [0.15, 0.2) is 5.72 Å². The molecule has 6 nitrogen and oxygen atoms in total. The first-order chi connectivity index (χ1) is 11.0. The van der Waals surface area contributed by atoms with Crippen LogP contribution in [0.2, 0.25) is 0 Å². The lowest BCUT2D eigenvalue weighted by molar-refractivity contribution is -0.127. The second-order valence-corrected chi connectivity index (χ2v) is 6.38. The monoisotopic (exact) mass is 313 g/mol. The normalized spacial score (nSPS) is 30.0. The molecule has 3 atom stereocenters. The smallest absolute Gasteiger partial charge is 0.184 e. The first-order valence-electron chi connectivity index (χ1n) is 7.80. The number of rotatable bonds is 1. The van der Waals surface area contributed by atoms with E-state index in [0.29, 0.717) is 24.2 Å². The van der Waals surface area contributed by atoms with Gasteiger partial charge in [0.25, 0.3) is 0 Å². The summed E-state index contributed by atoms with van der Waals surface area (Å²) < 4.78 is 1.73. The van der Waals surface area contributed by atoms with Crippen molar-refractivity contribution in [2.24, 2.45) is 7.05 Å². The molecule has 120 valence electrons. The molecule has 2 bridgehead atoms. The van der Waals surface area contributed by atoms with Crippen molar-refractivity contribution >= 4 is 11.5 Å². The molecule has 3 unspecified atom stereocenters. The second kappa shape index (κ2) is 4.91. The molecule has 1 aromatic heterocycles. The van der Waals surface area contributed by atoms with Gasteiger partial charge in [-0.2, -0.15) is 0 Å². The number of aliphatic hydroxyl groups excluding tert-OH is 1. The lowest BCUT2D eigenvalue weighted by Crippen LogP contribution is -2.58. The molecule has 2 aliphatic heterocycles. The van der Waals surface area contributed by atoms with Crippen LogP contribution in [-0.4, -0.2) is 31.8 Å². The van der Waals surface area contributed by atoms with Gasteiger partial charge < -0.3 is 19.7 Å². The van der Waals surface area contributed by atoms with Crippen LogP contribution >= 0.6 is 0 Å². The molecular formula is C17H19N3O3. The number of para-hydroxylation sites is 1. The quantitative estimate of drug-likeness (QED) is 0.828. The molecule has 1 aromatic carbocycles. The van der Waals surface area contributed by atoms with Crippen LogP contribution < -0.4 is 4.90 Å². The Hall–Kier alpha value is -2.18. The summed E-state index contributed by atoms with van der Waals surface area (Å²) in [6.45, 7) is 0. The van der Waals surface area contributed by atoms with E-state index in [0.717, 1.165) is 5.56 Å². The molecule has 0 radical (unpaired) electrons. The third-order valence-electron chi connectivity index (χ3n) is 5.02. The van der Waals surface area contributed by atoms with E-state index >= 15 is 0 Å². The van der Waals surface area contributed by atoms with E-state index in [2.05, 4.69) is 4.98 Å². The Morgan fingerprint density at radius 1 is 1.35 bits per heavy atom. The number of benzene rings is 1. The zero-order valence-electron chi connectivity index (χ0n) is 12.9. The second-order valence-electron chi connectivity index (χ2n) is 6.38. The van der Waals surface area contributed by atoms with Gasteiger partial charge in [0.2, 0.25) is 0 Å². The molecule has 0 aliphatic carbocycles. The molecule has 3 heterocycles. The number of hydrogen-bond acceptors (Lipinski definition) is 5. The lowest BCUT2D eigenvalue weighted by Gasteiger charge is -2.51. The van der Waals surface area contributed by atoms with Gasteiger partial charge in [0.1, 0.15) is 12.0 Å². The summed E-state index contributed by atoms with van der Waals surface area (Å²) in [7, 11) is 1.80. The number of Topliss-reactive ketones (excluding diaryl/α,β-unsaturated/α-hetero) is 1. The topological polar surface area (TPSA) is 78.6 Å². The Balaban J connectivity index is 1.98. The fourth-order valence-corrected chi connectivity index (χ4v) is 3.93. The van der Waals surface area contributed by atoms with Gasteiger partial charge in [0.05, 0.1) is 18.2 Å². The maximum Gasteiger partial charge on any atom is 0.184 e. The van der Waals surface area contributed by atoms with Crippen molar-refractivity contribution in [3.8, 4) is 0 Å². The average Bonchev–Trinajstić information content (AvgIpc) is 2.97. The number of aliphatic hydroxyl groups is 2. The molecule has 0 spiro atoms. The largest absolute Gasteiger partial charge is 0.373 e. The van der Waals surface area contributed by atoms with Crippen LogP contribution in [0.4, 0.5) is 5.69 Å². The number of ketones is 1. The molecule has 2 aliphatic rings. The van der Waals surface area contributed by atoms with Crippen LogP contribution in [0.5, 0.6) is 0 Å². The van der Waals surface area contributed by atoms with Gasteiger partial charge in [-0.25, -0.2) is 4.98 Å². The van der Waals surface area contributed by atoms with Crippen LogP contribution in [0.3, 0.4) is 0 Å². The minimum atomic E-state index is -1.46. The molecule has 0 saturated carbocycles. The van der Waals surface area contributed by atoms with Crippen molar-refractivity contribution in [1.82, 2.24) is 9.55 Å². The van der Waals surface area contributed by atoms with Crippen LogP contribution in [0.25, 0.3) is 0 Å². The zero-order chi connectivity index (χ0) is 16.2. The molecule has 2 N–H and O–H groups in total. The van der Waals surface area contributed by atoms with Gasteiger partial charge in [-0.1, -0.05) is 18.2 Å². The van der Waals surface area contributed by atoms with Crippen molar-refractivity contribution in [2.75, 3.05) is 4.90 Å². The van der Waals surface area contributed by atoms with Crippen LogP contribution in [-0.2, 0) is 17.6 Å². The maximum atomic E-state index is 12.6. The lowest BCUT2D eigenvalue weighted by atomic mass is 9.76. The number of aryl methyl sites for hydroxylation is 1. The molecular weight excluding hydrogens is 294 g/mol.